The van der Waals surface area contributed by atoms with Gasteiger partial charge >= 0.3 is 0 Å². The Hall–Kier alpha value is -1.95. The summed E-state index contributed by atoms with van der Waals surface area (Å²) < 4.78 is 13.5. The lowest BCUT2D eigenvalue weighted by Gasteiger charge is -2.25. The zero-order chi connectivity index (χ0) is 16.3. The molecule has 1 saturated heterocycles. The van der Waals surface area contributed by atoms with Crippen molar-refractivity contribution < 1.29 is 14.0 Å². The molecule has 0 aromatic heterocycles. The predicted molar refractivity (Wildman–Crippen MR) is 83.1 cm³/mol. The van der Waals surface area contributed by atoms with E-state index in [1.807, 2.05) is 4.90 Å². The van der Waals surface area contributed by atoms with Crippen LogP contribution in [0, 0.1) is 12.7 Å². The molecule has 2 rings (SSSR count). The fraction of sp³-hybridized carbons (Fsp3) is 0.500. The van der Waals surface area contributed by atoms with E-state index in [9.17, 15) is 14.0 Å². The number of carbonyl (C=O) groups is 2. The van der Waals surface area contributed by atoms with Gasteiger partial charge in [-0.05, 0) is 44.0 Å². The topological polar surface area (TPSA) is 52.7 Å². The molecule has 1 aliphatic rings. The van der Waals surface area contributed by atoms with Crippen molar-refractivity contribution in [2.45, 2.75) is 25.8 Å². The second-order valence-electron chi connectivity index (χ2n) is 5.87. The number of likely N-dealkylation sites (tertiary alicyclic amines) is 1. The quantitative estimate of drug-likeness (QED) is 0.920. The van der Waals surface area contributed by atoms with E-state index in [2.05, 4.69) is 5.32 Å². The van der Waals surface area contributed by atoms with Gasteiger partial charge in [0, 0.05) is 19.8 Å². The molecule has 0 bridgehead atoms. The molecule has 5 nitrogen and oxygen atoms in total. The lowest BCUT2D eigenvalue weighted by atomic mass is 10.2. The molecule has 0 unspecified atom stereocenters. The molecule has 120 valence electrons. The fourth-order valence-electron chi connectivity index (χ4n) is 2.65. The Morgan fingerprint density at radius 3 is 2.77 bits per heavy atom. The zero-order valence-corrected chi connectivity index (χ0v) is 13.2. The van der Waals surface area contributed by atoms with E-state index in [0.29, 0.717) is 11.3 Å². The van der Waals surface area contributed by atoms with Crippen molar-refractivity contribution in [1.82, 2.24) is 9.80 Å². The Labute approximate surface area is 130 Å². The van der Waals surface area contributed by atoms with Gasteiger partial charge in [-0.25, -0.2) is 4.39 Å². The number of benzene rings is 1. The molecule has 1 aromatic rings. The van der Waals surface area contributed by atoms with E-state index in [0.717, 1.165) is 19.4 Å². The van der Waals surface area contributed by atoms with Gasteiger partial charge in [0.2, 0.25) is 11.8 Å². The first kappa shape index (κ1) is 16.4. The lowest BCUT2D eigenvalue weighted by molar-refractivity contribution is -0.133. The minimum Gasteiger partial charge on any atom is -0.347 e. The second kappa shape index (κ2) is 6.87. The zero-order valence-electron chi connectivity index (χ0n) is 13.2. The maximum absolute atomic E-state index is 13.5. The highest BCUT2D eigenvalue weighted by molar-refractivity contribution is 5.93. The number of amides is 2. The first-order chi connectivity index (χ1) is 10.4. The van der Waals surface area contributed by atoms with E-state index in [1.54, 1.807) is 38.1 Å². The van der Waals surface area contributed by atoms with Gasteiger partial charge in [0.15, 0.2) is 0 Å². The monoisotopic (exact) mass is 307 g/mol. The van der Waals surface area contributed by atoms with Gasteiger partial charge < -0.3 is 10.2 Å². The van der Waals surface area contributed by atoms with Crippen LogP contribution >= 0.6 is 0 Å². The maximum Gasteiger partial charge on any atom is 0.239 e. The van der Waals surface area contributed by atoms with Crippen LogP contribution in [0.3, 0.4) is 0 Å². The number of halogens is 1. The van der Waals surface area contributed by atoms with Gasteiger partial charge in [-0.15, -0.1) is 0 Å². The number of anilines is 1. The smallest absolute Gasteiger partial charge is 0.239 e. The molecule has 1 N–H and O–H groups in total. The molecule has 22 heavy (non-hydrogen) atoms. The Morgan fingerprint density at radius 1 is 1.41 bits per heavy atom. The molecule has 6 heteroatoms. The molecule has 0 saturated carbocycles. The predicted octanol–water partition coefficient (Wildman–Crippen LogP) is 1.63. The summed E-state index contributed by atoms with van der Waals surface area (Å²) in [7, 11) is 3.43. The molecule has 0 aliphatic carbocycles. The molecule has 2 amide bonds. The average Bonchev–Trinajstić information content (AvgIpc) is 2.89. The van der Waals surface area contributed by atoms with Gasteiger partial charge in [0.05, 0.1) is 12.6 Å². The summed E-state index contributed by atoms with van der Waals surface area (Å²) in [5.41, 5.74) is 0.969. The van der Waals surface area contributed by atoms with Crippen LogP contribution in [0.1, 0.15) is 18.4 Å². The molecule has 0 spiro atoms. The highest BCUT2D eigenvalue weighted by Gasteiger charge is 2.32. The number of hydrogen-bond donors (Lipinski definition) is 1. The van der Waals surface area contributed by atoms with Crippen molar-refractivity contribution in [3.05, 3.63) is 29.6 Å². The van der Waals surface area contributed by atoms with Crippen LogP contribution in [0.15, 0.2) is 18.2 Å². The minimum absolute atomic E-state index is 0.0201. The van der Waals surface area contributed by atoms with E-state index < -0.39 is 0 Å². The highest BCUT2D eigenvalue weighted by atomic mass is 19.1. The number of nitrogens with one attached hydrogen (secondary N) is 1. The van der Waals surface area contributed by atoms with Crippen molar-refractivity contribution >= 4 is 17.5 Å². The molecule has 1 fully saturated rings. The number of rotatable bonds is 4. The summed E-state index contributed by atoms with van der Waals surface area (Å²) >= 11 is 0. The van der Waals surface area contributed by atoms with E-state index >= 15 is 0 Å². The summed E-state index contributed by atoms with van der Waals surface area (Å²) in [6.45, 7) is 2.53. The summed E-state index contributed by atoms with van der Waals surface area (Å²) in [6, 6.07) is 4.36. The van der Waals surface area contributed by atoms with Gasteiger partial charge in [0.1, 0.15) is 5.82 Å². The minimum atomic E-state index is -0.348. The number of aryl methyl sites for hydroxylation is 1. The second-order valence-corrected chi connectivity index (χ2v) is 5.87. The maximum atomic E-state index is 13.5. The van der Waals surface area contributed by atoms with E-state index in [-0.39, 0.29) is 30.2 Å². The van der Waals surface area contributed by atoms with Crippen molar-refractivity contribution in [3.63, 3.8) is 0 Å². The number of likely N-dealkylation sites (N-methyl/N-ethyl adjacent to an activating group) is 1. The summed E-state index contributed by atoms with van der Waals surface area (Å²) in [5, 5.41) is 2.68. The Kier molecular flexibility index (Phi) is 5.13. The fourth-order valence-corrected chi connectivity index (χ4v) is 2.65. The third-order valence-electron chi connectivity index (χ3n) is 3.89. The molecular weight excluding hydrogens is 285 g/mol. The third-order valence-corrected chi connectivity index (χ3v) is 3.89. The molecule has 1 heterocycles. The number of nitrogens with zero attached hydrogens (tertiary/aromatic N) is 2. The lowest BCUT2D eigenvalue weighted by Crippen LogP contribution is -2.45. The SMILES string of the molecule is Cc1ccc(NC(=O)CN2CCC[C@@H]2C(=O)N(C)C)cc1F. The molecule has 0 radical (unpaired) electrons. The Balaban J connectivity index is 1.96. The van der Waals surface area contributed by atoms with Crippen LogP contribution in [0.2, 0.25) is 0 Å². The number of carbonyl (C=O) groups excluding carboxylic acids is 2. The first-order valence-electron chi connectivity index (χ1n) is 7.39. The van der Waals surface area contributed by atoms with Gasteiger partial charge in [-0.1, -0.05) is 6.07 Å². The van der Waals surface area contributed by atoms with Gasteiger partial charge in [-0.3, -0.25) is 14.5 Å². The van der Waals surface area contributed by atoms with Crippen LogP contribution in [0.5, 0.6) is 0 Å². The van der Waals surface area contributed by atoms with E-state index in [4.69, 9.17) is 0 Å². The van der Waals surface area contributed by atoms with E-state index in [1.165, 1.54) is 6.07 Å². The van der Waals surface area contributed by atoms with Gasteiger partial charge in [0.25, 0.3) is 0 Å². The van der Waals surface area contributed by atoms with Crippen molar-refractivity contribution in [1.29, 1.82) is 0 Å². The van der Waals surface area contributed by atoms with Crippen molar-refractivity contribution in [2.75, 3.05) is 32.5 Å². The molecule has 1 aliphatic heterocycles. The Morgan fingerprint density at radius 2 is 2.14 bits per heavy atom. The summed E-state index contributed by atoms with van der Waals surface area (Å²) in [6.07, 6.45) is 1.67. The first-order valence-corrected chi connectivity index (χ1v) is 7.39. The average molecular weight is 307 g/mol. The van der Waals surface area contributed by atoms with Gasteiger partial charge in [-0.2, -0.15) is 0 Å². The standard InChI is InChI=1S/C16H22FN3O2/c1-11-6-7-12(9-13(11)17)18-15(21)10-20-8-4-5-14(20)16(22)19(2)3/h6-7,9,14H,4-5,8,10H2,1-3H3,(H,18,21)/t14-/m1/s1. The van der Waals surface area contributed by atoms with Crippen LogP contribution in [0.4, 0.5) is 10.1 Å². The van der Waals surface area contributed by atoms with Crippen LogP contribution in [-0.2, 0) is 9.59 Å². The van der Waals surface area contributed by atoms with Crippen molar-refractivity contribution in [2.24, 2.45) is 0 Å². The van der Waals surface area contributed by atoms with Crippen LogP contribution in [-0.4, -0.2) is 54.8 Å². The molecule has 1 atom stereocenters. The number of hydrogen-bond acceptors (Lipinski definition) is 3. The summed E-state index contributed by atoms with van der Waals surface area (Å²) in [5.74, 6) is -0.562. The largest absolute Gasteiger partial charge is 0.347 e. The highest BCUT2D eigenvalue weighted by Crippen LogP contribution is 2.19. The molecular formula is C16H22FN3O2. The normalized spacial score (nSPS) is 18.3. The van der Waals surface area contributed by atoms with Crippen LogP contribution in [0.25, 0.3) is 0 Å². The molecule has 1 aromatic carbocycles. The Bertz CT molecular complexity index is 575. The third kappa shape index (κ3) is 3.82. The van der Waals surface area contributed by atoms with Crippen LogP contribution < -0.4 is 5.32 Å². The van der Waals surface area contributed by atoms with Crippen molar-refractivity contribution in [3.8, 4) is 0 Å². The summed E-state index contributed by atoms with van der Waals surface area (Å²) in [4.78, 5) is 27.6.